The van der Waals surface area contributed by atoms with Crippen molar-refractivity contribution < 1.29 is 14.3 Å². The molecule has 0 N–H and O–H groups in total. The summed E-state index contributed by atoms with van der Waals surface area (Å²) in [6.45, 7) is 1.41. The van der Waals surface area contributed by atoms with Gasteiger partial charge >= 0.3 is 5.69 Å². The van der Waals surface area contributed by atoms with Crippen LogP contribution in [0.15, 0.2) is 33.9 Å². The molecule has 7 heteroatoms. The topological polar surface area (TPSA) is 79.5 Å². The fourth-order valence-electron chi connectivity index (χ4n) is 2.11. The van der Waals surface area contributed by atoms with Gasteiger partial charge in [-0.15, -0.1) is 0 Å². The second-order valence-corrected chi connectivity index (χ2v) is 5.08. The number of ether oxygens (including phenoxy) is 2. The van der Waals surface area contributed by atoms with E-state index in [1.807, 2.05) is 0 Å². The number of benzene rings is 1. The minimum atomic E-state index is -0.437. The van der Waals surface area contributed by atoms with Crippen molar-refractivity contribution in [1.82, 2.24) is 9.13 Å². The first-order chi connectivity index (χ1) is 10.8. The van der Waals surface area contributed by atoms with Crippen LogP contribution in [-0.2, 0) is 20.7 Å². The molecule has 0 radical (unpaired) electrons. The summed E-state index contributed by atoms with van der Waals surface area (Å²) in [4.78, 5) is 35.3. The fourth-order valence-corrected chi connectivity index (χ4v) is 2.11. The molecule has 2 rings (SSSR count). The molecule has 0 aliphatic heterocycles. The van der Waals surface area contributed by atoms with Crippen LogP contribution in [0.1, 0.15) is 23.0 Å². The average molecular weight is 318 g/mol. The van der Waals surface area contributed by atoms with E-state index in [1.54, 1.807) is 25.2 Å². The maximum Gasteiger partial charge on any atom is 0.330 e. The molecule has 23 heavy (non-hydrogen) atoms. The molecule has 0 spiro atoms. The summed E-state index contributed by atoms with van der Waals surface area (Å²) < 4.78 is 13.1. The largest absolute Gasteiger partial charge is 0.497 e. The van der Waals surface area contributed by atoms with E-state index >= 15 is 0 Å². The number of hydrogen-bond acceptors (Lipinski definition) is 5. The van der Waals surface area contributed by atoms with Gasteiger partial charge in [0.25, 0.3) is 5.56 Å². The predicted octanol–water partition coefficient (Wildman–Crippen LogP) is 0.874. The van der Waals surface area contributed by atoms with Gasteiger partial charge in [0.2, 0.25) is 0 Å². The Morgan fingerprint density at radius 3 is 2.43 bits per heavy atom. The molecule has 7 nitrogen and oxygen atoms in total. The SMILES string of the molecule is COc1ccc(C(C)=O)c(OCc2cc(=O)n(C)c(=O)n2C)c1. The van der Waals surface area contributed by atoms with Crippen molar-refractivity contribution in [2.75, 3.05) is 7.11 Å². The summed E-state index contributed by atoms with van der Waals surface area (Å²) in [6.07, 6.45) is 0. The van der Waals surface area contributed by atoms with Crippen LogP contribution in [0.3, 0.4) is 0 Å². The summed E-state index contributed by atoms with van der Waals surface area (Å²) in [7, 11) is 4.47. The summed E-state index contributed by atoms with van der Waals surface area (Å²) in [6, 6.07) is 6.20. The third-order valence-electron chi connectivity index (χ3n) is 3.57. The highest BCUT2D eigenvalue weighted by molar-refractivity contribution is 5.97. The van der Waals surface area contributed by atoms with Gasteiger partial charge in [0.1, 0.15) is 18.1 Å². The van der Waals surface area contributed by atoms with Gasteiger partial charge in [-0.1, -0.05) is 0 Å². The maximum absolute atomic E-state index is 11.9. The predicted molar refractivity (Wildman–Crippen MR) is 84.3 cm³/mol. The van der Waals surface area contributed by atoms with Crippen LogP contribution in [0, 0.1) is 0 Å². The first-order valence-electron chi connectivity index (χ1n) is 6.93. The third-order valence-corrected chi connectivity index (χ3v) is 3.57. The quantitative estimate of drug-likeness (QED) is 0.765. The molecule has 0 fully saturated rings. The zero-order chi connectivity index (χ0) is 17.1. The van der Waals surface area contributed by atoms with Gasteiger partial charge in [0.05, 0.1) is 18.4 Å². The maximum atomic E-state index is 11.9. The molecule has 0 atom stereocenters. The molecule has 1 heterocycles. The number of carbonyl (C=O) groups is 1. The highest BCUT2D eigenvalue weighted by Gasteiger charge is 2.12. The Morgan fingerprint density at radius 1 is 1.13 bits per heavy atom. The zero-order valence-electron chi connectivity index (χ0n) is 13.5. The van der Waals surface area contributed by atoms with E-state index in [-0.39, 0.29) is 12.4 Å². The van der Waals surface area contributed by atoms with E-state index in [9.17, 15) is 14.4 Å². The standard InChI is InChI=1S/C16H18N2O5/c1-10(19)13-6-5-12(22-4)8-14(13)23-9-11-7-15(20)18(3)16(21)17(11)2/h5-8H,9H2,1-4H3. The van der Waals surface area contributed by atoms with Crippen molar-refractivity contribution in [3.63, 3.8) is 0 Å². The van der Waals surface area contributed by atoms with E-state index in [1.165, 1.54) is 31.7 Å². The monoisotopic (exact) mass is 318 g/mol. The number of aromatic nitrogens is 2. The lowest BCUT2D eigenvalue weighted by atomic mass is 10.1. The van der Waals surface area contributed by atoms with Crippen LogP contribution in [0.5, 0.6) is 11.5 Å². The average Bonchev–Trinajstić information content (AvgIpc) is 2.54. The molecular weight excluding hydrogens is 300 g/mol. The Balaban J connectivity index is 2.37. The lowest BCUT2D eigenvalue weighted by molar-refractivity contribution is 0.101. The van der Waals surface area contributed by atoms with Crippen molar-refractivity contribution in [2.24, 2.45) is 14.1 Å². The zero-order valence-corrected chi connectivity index (χ0v) is 13.5. The Kier molecular flexibility index (Phi) is 4.68. The van der Waals surface area contributed by atoms with E-state index in [0.29, 0.717) is 22.8 Å². The van der Waals surface area contributed by atoms with Crippen LogP contribution in [-0.4, -0.2) is 22.0 Å². The molecule has 1 aromatic carbocycles. The molecule has 0 aliphatic rings. The first kappa shape index (κ1) is 16.5. The molecular formula is C16H18N2O5. The molecule has 0 unspecified atom stereocenters. The van der Waals surface area contributed by atoms with Gasteiger partial charge in [-0.25, -0.2) is 4.79 Å². The van der Waals surface area contributed by atoms with E-state index in [0.717, 1.165) is 4.57 Å². The Bertz CT molecular complexity index is 864. The first-order valence-corrected chi connectivity index (χ1v) is 6.93. The molecule has 1 aromatic heterocycles. The summed E-state index contributed by atoms with van der Waals surface area (Å²) in [5, 5.41) is 0. The smallest absolute Gasteiger partial charge is 0.330 e. The second-order valence-electron chi connectivity index (χ2n) is 5.08. The van der Waals surface area contributed by atoms with Gasteiger partial charge in [0.15, 0.2) is 5.78 Å². The minimum absolute atomic E-state index is 0.0186. The van der Waals surface area contributed by atoms with Crippen molar-refractivity contribution >= 4 is 5.78 Å². The van der Waals surface area contributed by atoms with Crippen LogP contribution in [0.25, 0.3) is 0 Å². The number of Topliss-reactive ketones (excluding diaryl/α,β-unsaturated/α-hetero) is 1. The van der Waals surface area contributed by atoms with Crippen molar-refractivity contribution in [3.05, 3.63) is 56.4 Å². The number of hydrogen-bond donors (Lipinski definition) is 0. The fraction of sp³-hybridized carbons (Fsp3) is 0.312. The lowest BCUT2D eigenvalue weighted by Crippen LogP contribution is -2.38. The van der Waals surface area contributed by atoms with E-state index < -0.39 is 11.2 Å². The molecule has 0 saturated carbocycles. The second kappa shape index (κ2) is 6.51. The van der Waals surface area contributed by atoms with E-state index in [2.05, 4.69) is 0 Å². The third kappa shape index (κ3) is 3.33. The number of rotatable bonds is 5. The molecule has 0 bridgehead atoms. The molecule has 122 valence electrons. The number of ketones is 1. The number of carbonyl (C=O) groups excluding carboxylic acids is 1. The van der Waals surface area contributed by atoms with Crippen LogP contribution >= 0.6 is 0 Å². The van der Waals surface area contributed by atoms with Crippen LogP contribution in [0.2, 0.25) is 0 Å². The Hall–Kier alpha value is -2.83. The summed E-state index contributed by atoms with van der Waals surface area (Å²) >= 11 is 0. The molecule has 2 aromatic rings. The van der Waals surface area contributed by atoms with Gasteiger partial charge in [-0.05, 0) is 19.1 Å². The van der Waals surface area contributed by atoms with Gasteiger partial charge < -0.3 is 9.47 Å². The summed E-state index contributed by atoms with van der Waals surface area (Å²) in [5.41, 5.74) is -0.0345. The highest BCUT2D eigenvalue weighted by Crippen LogP contribution is 2.25. The van der Waals surface area contributed by atoms with Crippen molar-refractivity contribution in [2.45, 2.75) is 13.5 Å². The van der Waals surface area contributed by atoms with Crippen molar-refractivity contribution in [1.29, 1.82) is 0 Å². The normalized spacial score (nSPS) is 10.4. The van der Waals surface area contributed by atoms with Crippen molar-refractivity contribution in [3.8, 4) is 11.5 Å². The van der Waals surface area contributed by atoms with Gasteiger partial charge in [-0.3, -0.25) is 18.7 Å². The van der Waals surface area contributed by atoms with Gasteiger partial charge in [-0.2, -0.15) is 0 Å². The van der Waals surface area contributed by atoms with Gasteiger partial charge in [0, 0.05) is 26.2 Å². The molecule has 0 amide bonds. The number of nitrogens with zero attached hydrogens (tertiary/aromatic N) is 2. The summed E-state index contributed by atoms with van der Waals surface area (Å²) in [5.74, 6) is 0.730. The Morgan fingerprint density at radius 2 is 1.83 bits per heavy atom. The van der Waals surface area contributed by atoms with Crippen LogP contribution < -0.4 is 20.7 Å². The number of methoxy groups -OCH3 is 1. The highest BCUT2D eigenvalue weighted by atomic mass is 16.5. The Labute approximate surface area is 132 Å². The van der Waals surface area contributed by atoms with E-state index in [4.69, 9.17) is 9.47 Å². The molecule has 0 aliphatic carbocycles. The lowest BCUT2D eigenvalue weighted by Gasteiger charge is -2.13. The molecule has 0 saturated heterocycles. The minimum Gasteiger partial charge on any atom is -0.497 e. The van der Waals surface area contributed by atoms with Crippen LogP contribution in [0.4, 0.5) is 0 Å².